The first-order valence-corrected chi connectivity index (χ1v) is 6.36. The standard InChI is InChI=1S/C13H20N4O/c1-10-8-12(15-9-14-10)17-7-5-4-6-11(17)13(18)16(2)3/h8-9,11H,4-7H2,1-3H3. The van der Waals surface area contributed by atoms with E-state index in [1.54, 1.807) is 25.3 Å². The van der Waals surface area contributed by atoms with Crippen molar-refractivity contribution < 1.29 is 4.79 Å². The average Bonchev–Trinajstić information content (AvgIpc) is 2.38. The summed E-state index contributed by atoms with van der Waals surface area (Å²) in [4.78, 5) is 24.4. The molecule has 2 heterocycles. The molecular formula is C13H20N4O. The van der Waals surface area contributed by atoms with E-state index < -0.39 is 0 Å². The van der Waals surface area contributed by atoms with Gasteiger partial charge < -0.3 is 9.80 Å². The Kier molecular flexibility index (Phi) is 3.79. The fourth-order valence-corrected chi connectivity index (χ4v) is 2.36. The Morgan fingerprint density at radius 1 is 1.39 bits per heavy atom. The van der Waals surface area contributed by atoms with Crippen LogP contribution >= 0.6 is 0 Å². The molecule has 0 spiro atoms. The molecule has 1 aromatic heterocycles. The second-order valence-corrected chi connectivity index (χ2v) is 4.96. The largest absolute Gasteiger partial charge is 0.347 e. The summed E-state index contributed by atoms with van der Waals surface area (Å²) in [6, 6.07) is 1.87. The molecule has 1 atom stereocenters. The van der Waals surface area contributed by atoms with Gasteiger partial charge in [0.05, 0.1) is 0 Å². The molecule has 1 unspecified atom stereocenters. The van der Waals surface area contributed by atoms with Crippen LogP contribution in [-0.4, -0.2) is 47.5 Å². The van der Waals surface area contributed by atoms with Crippen molar-refractivity contribution in [2.75, 3.05) is 25.5 Å². The van der Waals surface area contributed by atoms with Crippen molar-refractivity contribution in [1.29, 1.82) is 0 Å². The van der Waals surface area contributed by atoms with Gasteiger partial charge in [0.25, 0.3) is 0 Å². The van der Waals surface area contributed by atoms with Gasteiger partial charge in [-0.05, 0) is 26.2 Å². The van der Waals surface area contributed by atoms with Crippen molar-refractivity contribution in [3.8, 4) is 0 Å². The molecule has 1 aliphatic heterocycles. The number of nitrogens with zero attached hydrogens (tertiary/aromatic N) is 4. The highest BCUT2D eigenvalue weighted by Crippen LogP contribution is 2.24. The minimum Gasteiger partial charge on any atom is -0.347 e. The first-order valence-electron chi connectivity index (χ1n) is 6.36. The summed E-state index contributed by atoms with van der Waals surface area (Å²) < 4.78 is 0. The molecule has 1 saturated heterocycles. The predicted molar refractivity (Wildman–Crippen MR) is 70.4 cm³/mol. The Morgan fingerprint density at radius 2 is 2.17 bits per heavy atom. The normalized spacial score (nSPS) is 19.7. The lowest BCUT2D eigenvalue weighted by Gasteiger charge is -2.36. The third-order valence-corrected chi connectivity index (χ3v) is 3.31. The molecule has 0 aromatic carbocycles. The smallest absolute Gasteiger partial charge is 0.244 e. The molecule has 1 aromatic rings. The first-order chi connectivity index (χ1) is 8.59. The van der Waals surface area contributed by atoms with Gasteiger partial charge in [0.2, 0.25) is 5.91 Å². The van der Waals surface area contributed by atoms with E-state index in [9.17, 15) is 4.79 Å². The second-order valence-electron chi connectivity index (χ2n) is 4.96. The fraction of sp³-hybridized carbons (Fsp3) is 0.615. The number of piperidine rings is 1. The van der Waals surface area contributed by atoms with Gasteiger partial charge in [-0.3, -0.25) is 4.79 Å². The van der Waals surface area contributed by atoms with Crippen LogP contribution in [0.15, 0.2) is 12.4 Å². The zero-order valence-electron chi connectivity index (χ0n) is 11.3. The molecule has 98 valence electrons. The molecule has 0 aliphatic carbocycles. The fourth-order valence-electron chi connectivity index (χ4n) is 2.36. The van der Waals surface area contributed by atoms with E-state index in [2.05, 4.69) is 14.9 Å². The lowest BCUT2D eigenvalue weighted by Crippen LogP contribution is -2.49. The monoisotopic (exact) mass is 248 g/mol. The number of hydrogen-bond donors (Lipinski definition) is 0. The van der Waals surface area contributed by atoms with Crippen LogP contribution in [0.1, 0.15) is 25.0 Å². The van der Waals surface area contributed by atoms with Crippen LogP contribution in [0.2, 0.25) is 0 Å². The molecule has 1 amide bonds. The maximum absolute atomic E-state index is 12.2. The Balaban J connectivity index is 2.25. The van der Waals surface area contributed by atoms with Crippen LogP contribution in [0.5, 0.6) is 0 Å². The molecule has 0 N–H and O–H groups in total. The summed E-state index contributed by atoms with van der Waals surface area (Å²) in [5, 5.41) is 0. The van der Waals surface area contributed by atoms with Gasteiger partial charge >= 0.3 is 0 Å². The van der Waals surface area contributed by atoms with Crippen LogP contribution in [0, 0.1) is 6.92 Å². The van der Waals surface area contributed by atoms with Crippen molar-refractivity contribution in [2.45, 2.75) is 32.2 Å². The van der Waals surface area contributed by atoms with Gasteiger partial charge in [0, 0.05) is 32.4 Å². The van der Waals surface area contributed by atoms with Gasteiger partial charge in [-0.25, -0.2) is 9.97 Å². The van der Waals surface area contributed by atoms with Crippen LogP contribution in [0.25, 0.3) is 0 Å². The van der Waals surface area contributed by atoms with Crippen molar-refractivity contribution >= 4 is 11.7 Å². The topological polar surface area (TPSA) is 49.3 Å². The highest BCUT2D eigenvalue weighted by molar-refractivity contribution is 5.84. The van der Waals surface area contributed by atoms with Crippen molar-refractivity contribution in [3.63, 3.8) is 0 Å². The predicted octanol–water partition coefficient (Wildman–Crippen LogP) is 1.23. The summed E-state index contributed by atoms with van der Waals surface area (Å²) >= 11 is 0. The maximum Gasteiger partial charge on any atom is 0.244 e. The highest BCUT2D eigenvalue weighted by Gasteiger charge is 2.30. The summed E-state index contributed by atoms with van der Waals surface area (Å²) in [5.41, 5.74) is 0.932. The SMILES string of the molecule is Cc1cc(N2CCCCC2C(=O)N(C)C)ncn1. The average molecular weight is 248 g/mol. The van der Waals surface area contributed by atoms with Crippen molar-refractivity contribution in [2.24, 2.45) is 0 Å². The van der Waals surface area contributed by atoms with Crippen LogP contribution < -0.4 is 4.90 Å². The van der Waals surface area contributed by atoms with E-state index in [1.807, 2.05) is 13.0 Å². The van der Waals surface area contributed by atoms with Gasteiger partial charge in [-0.15, -0.1) is 0 Å². The van der Waals surface area contributed by atoms with E-state index in [0.717, 1.165) is 37.3 Å². The third-order valence-electron chi connectivity index (χ3n) is 3.31. The van der Waals surface area contributed by atoms with Gasteiger partial charge in [-0.1, -0.05) is 0 Å². The number of aryl methyl sites for hydroxylation is 1. The van der Waals surface area contributed by atoms with E-state index >= 15 is 0 Å². The van der Waals surface area contributed by atoms with Crippen molar-refractivity contribution in [1.82, 2.24) is 14.9 Å². The molecular weight excluding hydrogens is 228 g/mol. The Hall–Kier alpha value is -1.65. The van der Waals surface area contributed by atoms with Crippen LogP contribution in [-0.2, 0) is 4.79 Å². The van der Waals surface area contributed by atoms with Crippen LogP contribution in [0.3, 0.4) is 0 Å². The zero-order chi connectivity index (χ0) is 13.1. The van der Waals surface area contributed by atoms with Crippen LogP contribution in [0.4, 0.5) is 5.82 Å². The number of carbonyl (C=O) groups is 1. The summed E-state index contributed by atoms with van der Waals surface area (Å²) in [7, 11) is 3.61. The number of aromatic nitrogens is 2. The van der Waals surface area contributed by atoms with E-state index in [4.69, 9.17) is 0 Å². The molecule has 5 heteroatoms. The number of likely N-dealkylation sites (N-methyl/N-ethyl adjacent to an activating group) is 1. The molecule has 1 fully saturated rings. The molecule has 0 bridgehead atoms. The van der Waals surface area contributed by atoms with E-state index in [-0.39, 0.29) is 11.9 Å². The van der Waals surface area contributed by atoms with E-state index in [1.165, 1.54) is 0 Å². The summed E-state index contributed by atoms with van der Waals surface area (Å²) in [6.45, 7) is 2.83. The van der Waals surface area contributed by atoms with Gasteiger partial charge in [0.1, 0.15) is 18.2 Å². The first kappa shape index (κ1) is 12.8. The minimum atomic E-state index is -0.0805. The lowest BCUT2D eigenvalue weighted by molar-refractivity contribution is -0.130. The Bertz CT molecular complexity index is 433. The number of hydrogen-bond acceptors (Lipinski definition) is 4. The molecule has 5 nitrogen and oxygen atoms in total. The summed E-state index contributed by atoms with van der Waals surface area (Å²) in [6.07, 6.45) is 4.68. The number of amides is 1. The maximum atomic E-state index is 12.2. The number of rotatable bonds is 2. The van der Waals surface area contributed by atoms with E-state index in [0.29, 0.717) is 0 Å². The second kappa shape index (κ2) is 5.33. The molecule has 18 heavy (non-hydrogen) atoms. The lowest BCUT2D eigenvalue weighted by atomic mass is 10.0. The molecule has 0 radical (unpaired) electrons. The molecule has 0 saturated carbocycles. The van der Waals surface area contributed by atoms with Crippen molar-refractivity contribution in [3.05, 3.63) is 18.1 Å². The molecule has 1 aliphatic rings. The zero-order valence-corrected chi connectivity index (χ0v) is 11.3. The third kappa shape index (κ3) is 2.60. The quantitative estimate of drug-likeness (QED) is 0.790. The van der Waals surface area contributed by atoms with Gasteiger partial charge in [-0.2, -0.15) is 0 Å². The summed E-state index contributed by atoms with van der Waals surface area (Å²) in [5.74, 6) is 1.02. The minimum absolute atomic E-state index is 0.0805. The molecule has 2 rings (SSSR count). The number of carbonyl (C=O) groups excluding carboxylic acids is 1. The number of anilines is 1. The Labute approximate surface area is 108 Å². The highest BCUT2D eigenvalue weighted by atomic mass is 16.2. The van der Waals surface area contributed by atoms with Gasteiger partial charge in [0.15, 0.2) is 0 Å². The Morgan fingerprint density at radius 3 is 2.83 bits per heavy atom.